The molecule has 10 nitrogen and oxygen atoms in total. The van der Waals surface area contributed by atoms with Crippen molar-refractivity contribution < 1.29 is 28.7 Å². The van der Waals surface area contributed by atoms with Gasteiger partial charge in [0.1, 0.15) is 17.3 Å². The minimum Gasteiger partial charge on any atom is -0.467 e. The van der Waals surface area contributed by atoms with Crippen LogP contribution in [0.2, 0.25) is 0 Å². The number of carbonyl (C=O) groups excluding carboxylic acids is 2. The third-order valence-corrected chi connectivity index (χ3v) is 3.50. The van der Waals surface area contributed by atoms with Gasteiger partial charge in [-0.25, -0.2) is 9.59 Å². The first-order valence-electron chi connectivity index (χ1n) is 7.64. The van der Waals surface area contributed by atoms with Crippen LogP contribution in [-0.4, -0.2) is 41.9 Å². The van der Waals surface area contributed by atoms with Crippen molar-refractivity contribution in [1.29, 1.82) is 0 Å². The first-order valence-corrected chi connectivity index (χ1v) is 7.64. The molecule has 0 saturated heterocycles. The Hall–Kier alpha value is -3.43. The molecule has 0 saturated carbocycles. The third-order valence-electron chi connectivity index (χ3n) is 3.50. The van der Waals surface area contributed by atoms with Gasteiger partial charge in [-0.3, -0.25) is 15.1 Å². The summed E-state index contributed by atoms with van der Waals surface area (Å²) < 4.78 is 14.8. The molecule has 0 aliphatic carbocycles. The number of esters is 1. The number of alkyl carbamates (subject to hydrolysis) is 1. The maximum Gasteiger partial charge on any atom is 0.410 e. The van der Waals surface area contributed by atoms with Crippen molar-refractivity contribution in [3.05, 3.63) is 40.6 Å². The predicted octanol–water partition coefficient (Wildman–Crippen LogP) is 2.16. The fourth-order valence-corrected chi connectivity index (χ4v) is 2.21. The van der Waals surface area contributed by atoms with E-state index in [1.807, 2.05) is 0 Å². The lowest BCUT2D eigenvalue weighted by molar-refractivity contribution is -0.383. The van der Waals surface area contributed by atoms with E-state index in [0.717, 1.165) is 0 Å². The van der Waals surface area contributed by atoms with E-state index in [9.17, 15) is 19.7 Å². The number of rotatable bonds is 7. The molecular formula is C16H17N3O7. The van der Waals surface area contributed by atoms with Crippen molar-refractivity contribution in [2.45, 2.75) is 19.4 Å². The average molecular weight is 363 g/mol. The second-order valence-electron chi connectivity index (χ2n) is 5.06. The number of ether oxygens (including phenoxy) is 3. The molecule has 1 heterocycles. The Labute approximate surface area is 148 Å². The summed E-state index contributed by atoms with van der Waals surface area (Å²) in [6.45, 7) is 1.24. The summed E-state index contributed by atoms with van der Waals surface area (Å²) in [4.78, 5) is 37.7. The van der Waals surface area contributed by atoms with Gasteiger partial charge in [0.05, 0.1) is 17.4 Å². The topological polar surface area (TPSA) is 130 Å². The van der Waals surface area contributed by atoms with E-state index >= 15 is 0 Å². The van der Waals surface area contributed by atoms with Crippen LogP contribution in [0, 0.1) is 10.1 Å². The maximum absolute atomic E-state index is 11.7. The number of nitro groups is 1. The zero-order valence-electron chi connectivity index (χ0n) is 14.1. The number of fused-ring (bicyclic) bond motifs is 1. The highest BCUT2D eigenvalue weighted by Crippen LogP contribution is 2.31. The van der Waals surface area contributed by atoms with Gasteiger partial charge in [0.25, 0.3) is 5.69 Å². The fourth-order valence-electron chi connectivity index (χ4n) is 2.21. The Morgan fingerprint density at radius 1 is 1.35 bits per heavy atom. The largest absolute Gasteiger partial charge is 0.467 e. The van der Waals surface area contributed by atoms with Gasteiger partial charge in [0.2, 0.25) is 6.79 Å². The number of amides is 1. The molecule has 1 aromatic carbocycles. The fraction of sp³-hybridized carbons (Fsp3) is 0.312. The van der Waals surface area contributed by atoms with Crippen LogP contribution in [0.1, 0.15) is 13.3 Å². The van der Waals surface area contributed by atoms with Gasteiger partial charge < -0.3 is 19.5 Å². The molecule has 1 N–H and O–H groups in total. The lowest BCUT2D eigenvalue weighted by atomic mass is 10.1. The van der Waals surface area contributed by atoms with Gasteiger partial charge in [-0.2, -0.15) is 0 Å². The standard InChI is InChI=1S/C16H17N3O7/c1-3-11(15(20)24-2)18-16(21)26-9-25-13-7-6-12(19(22)23)10-5-4-8-17-14(10)13/h4-8,11H,3,9H2,1-2H3,(H,18,21). The number of nitro benzene ring substituents is 1. The van der Waals surface area contributed by atoms with E-state index < -0.39 is 29.8 Å². The van der Waals surface area contributed by atoms with Crippen molar-refractivity contribution in [2.75, 3.05) is 13.9 Å². The molecule has 138 valence electrons. The molecule has 1 aromatic heterocycles. The minimum absolute atomic E-state index is 0.108. The van der Waals surface area contributed by atoms with E-state index in [0.29, 0.717) is 11.8 Å². The SMILES string of the molecule is CCC(NC(=O)OCOc1ccc([N+](=O)[O-])c2cccnc12)C(=O)OC. The lowest BCUT2D eigenvalue weighted by Gasteiger charge is -2.15. The summed E-state index contributed by atoms with van der Waals surface area (Å²) in [6.07, 6.45) is 0.940. The van der Waals surface area contributed by atoms with Gasteiger partial charge >= 0.3 is 12.1 Å². The summed E-state index contributed by atoms with van der Waals surface area (Å²) in [5.74, 6) is -0.366. The summed E-state index contributed by atoms with van der Waals surface area (Å²) in [7, 11) is 1.22. The molecule has 0 bridgehead atoms. The third kappa shape index (κ3) is 4.35. The van der Waals surface area contributed by atoms with Crippen LogP contribution in [-0.2, 0) is 14.3 Å². The summed E-state index contributed by atoms with van der Waals surface area (Å²) in [6, 6.07) is 4.94. The molecule has 0 radical (unpaired) electrons. The van der Waals surface area contributed by atoms with Gasteiger partial charge in [0.15, 0.2) is 0 Å². The predicted molar refractivity (Wildman–Crippen MR) is 89.6 cm³/mol. The Kier molecular flexibility index (Phi) is 6.25. The van der Waals surface area contributed by atoms with Gasteiger partial charge in [-0.05, 0) is 24.6 Å². The molecule has 2 rings (SSSR count). The number of aromatic nitrogens is 1. The highest BCUT2D eigenvalue weighted by Gasteiger charge is 2.20. The first-order chi connectivity index (χ1) is 12.5. The van der Waals surface area contributed by atoms with Gasteiger partial charge in [-0.1, -0.05) is 6.92 Å². The van der Waals surface area contributed by atoms with Crippen LogP contribution in [0.3, 0.4) is 0 Å². The van der Waals surface area contributed by atoms with E-state index in [1.165, 1.54) is 25.4 Å². The zero-order valence-corrected chi connectivity index (χ0v) is 14.1. The molecule has 0 spiro atoms. The summed E-state index contributed by atoms with van der Waals surface area (Å²) in [5.41, 5.74) is 0.162. The monoisotopic (exact) mass is 363 g/mol. The molecule has 26 heavy (non-hydrogen) atoms. The van der Waals surface area contributed by atoms with Crippen LogP contribution in [0.15, 0.2) is 30.5 Å². The number of nitrogens with zero attached hydrogens (tertiary/aromatic N) is 2. The van der Waals surface area contributed by atoms with Crippen molar-refractivity contribution in [1.82, 2.24) is 10.3 Å². The number of carbonyl (C=O) groups is 2. The van der Waals surface area contributed by atoms with Crippen LogP contribution >= 0.6 is 0 Å². The zero-order chi connectivity index (χ0) is 19.1. The smallest absolute Gasteiger partial charge is 0.410 e. The number of hydrogen-bond acceptors (Lipinski definition) is 8. The molecule has 1 amide bonds. The van der Waals surface area contributed by atoms with Crippen LogP contribution in [0.25, 0.3) is 10.9 Å². The molecule has 1 unspecified atom stereocenters. The van der Waals surface area contributed by atoms with E-state index in [2.05, 4.69) is 15.0 Å². The molecular weight excluding hydrogens is 346 g/mol. The normalized spacial score (nSPS) is 11.5. The van der Waals surface area contributed by atoms with Crippen molar-refractivity contribution in [3.63, 3.8) is 0 Å². The van der Waals surface area contributed by atoms with Crippen molar-refractivity contribution >= 4 is 28.7 Å². The Bertz CT molecular complexity index is 825. The highest BCUT2D eigenvalue weighted by molar-refractivity contribution is 5.92. The molecule has 10 heteroatoms. The molecule has 0 aliphatic rings. The Morgan fingerprint density at radius 3 is 2.77 bits per heavy atom. The number of pyridine rings is 1. The molecule has 0 aliphatic heterocycles. The van der Waals surface area contributed by atoms with E-state index in [4.69, 9.17) is 9.47 Å². The average Bonchev–Trinajstić information content (AvgIpc) is 2.65. The number of non-ortho nitro benzene ring substituents is 1. The van der Waals surface area contributed by atoms with Crippen molar-refractivity contribution in [3.8, 4) is 5.75 Å². The van der Waals surface area contributed by atoms with E-state index in [1.54, 1.807) is 19.1 Å². The summed E-state index contributed by atoms with van der Waals surface area (Å²) in [5, 5.41) is 13.7. The van der Waals surface area contributed by atoms with Gasteiger partial charge in [-0.15, -0.1) is 0 Å². The molecule has 0 fully saturated rings. The van der Waals surface area contributed by atoms with Crippen LogP contribution < -0.4 is 10.1 Å². The number of methoxy groups -OCH3 is 1. The second-order valence-corrected chi connectivity index (χ2v) is 5.06. The lowest BCUT2D eigenvalue weighted by Crippen LogP contribution is -2.41. The number of nitrogens with one attached hydrogen (secondary N) is 1. The number of benzene rings is 1. The quantitative estimate of drug-likeness (QED) is 0.343. The first kappa shape index (κ1) is 18.9. The molecule has 1 atom stereocenters. The molecule has 2 aromatic rings. The second kappa shape index (κ2) is 8.60. The number of hydrogen-bond donors (Lipinski definition) is 1. The Balaban J connectivity index is 2.02. The van der Waals surface area contributed by atoms with Crippen molar-refractivity contribution in [2.24, 2.45) is 0 Å². The van der Waals surface area contributed by atoms with E-state index in [-0.39, 0.29) is 17.0 Å². The van der Waals surface area contributed by atoms with Crippen LogP contribution in [0.4, 0.5) is 10.5 Å². The Morgan fingerprint density at radius 2 is 2.12 bits per heavy atom. The maximum atomic E-state index is 11.7. The van der Waals surface area contributed by atoms with Gasteiger partial charge in [0, 0.05) is 12.3 Å². The van der Waals surface area contributed by atoms with Crippen LogP contribution in [0.5, 0.6) is 5.75 Å². The summed E-state index contributed by atoms with van der Waals surface area (Å²) >= 11 is 0. The minimum atomic E-state index is -0.860. The highest BCUT2D eigenvalue weighted by atomic mass is 16.7.